The van der Waals surface area contributed by atoms with Crippen molar-refractivity contribution < 1.29 is 14.7 Å². The Morgan fingerprint density at radius 3 is 2.14 bits per heavy atom. The molecule has 0 aliphatic heterocycles. The summed E-state index contributed by atoms with van der Waals surface area (Å²) in [5.41, 5.74) is 6.69. The molecule has 5 N–H and O–H groups in total. The zero-order valence-corrected chi connectivity index (χ0v) is 12.4. The topological polar surface area (TPSA) is 104 Å². The van der Waals surface area contributed by atoms with Crippen LogP contribution in [-0.2, 0) is 16.0 Å². The molecule has 1 aromatic rings. The van der Waals surface area contributed by atoms with Crippen LogP contribution >= 0.6 is 0 Å². The van der Waals surface area contributed by atoms with E-state index in [9.17, 15) is 14.7 Å². The van der Waals surface area contributed by atoms with Gasteiger partial charge in [0.2, 0.25) is 11.8 Å². The van der Waals surface area contributed by atoms with Gasteiger partial charge in [-0.05, 0) is 24.1 Å². The number of aromatic hydroxyl groups is 1. The Morgan fingerprint density at radius 2 is 1.62 bits per heavy atom. The van der Waals surface area contributed by atoms with Crippen molar-refractivity contribution in [3.8, 4) is 5.75 Å². The van der Waals surface area contributed by atoms with E-state index in [1.807, 2.05) is 13.8 Å². The SMILES string of the molecule is CC(C)C(=O)NCCNC(=O)C(N)Cc1ccc(O)cc1. The summed E-state index contributed by atoms with van der Waals surface area (Å²) in [5.74, 6) is -0.199. The Hall–Kier alpha value is -2.08. The Labute approximate surface area is 124 Å². The number of phenolic OH excluding ortho intramolecular Hbond substituents is 1. The third-order valence-corrected chi connectivity index (χ3v) is 2.98. The number of carbonyl (C=O) groups is 2. The first-order chi connectivity index (χ1) is 9.90. The van der Waals surface area contributed by atoms with Crippen LogP contribution in [0.25, 0.3) is 0 Å². The minimum Gasteiger partial charge on any atom is -0.508 e. The molecular weight excluding hydrogens is 270 g/mol. The van der Waals surface area contributed by atoms with Crippen LogP contribution in [0.3, 0.4) is 0 Å². The number of carbonyl (C=O) groups excluding carboxylic acids is 2. The fourth-order valence-electron chi connectivity index (χ4n) is 1.69. The summed E-state index contributed by atoms with van der Waals surface area (Å²) >= 11 is 0. The Bertz CT molecular complexity index is 472. The number of hydrogen-bond donors (Lipinski definition) is 4. The van der Waals surface area contributed by atoms with Gasteiger partial charge in [-0.25, -0.2) is 0 Å². The number of rotatable bonds is 7. The Balaban J connectivity index is 2.28. The molecule has 1 aromatic carbocycles. The number of nitrogens with one attached hydrogen (secondary N) is 2. The van der Waals surface area contributed by atoms with E-state index in [1.165, 1.54) is 0 Å². The van der Waals surface area contributed by atoms with E-state index in [-0.39, 0.29) is 23.5 Å². The smallest absolute Gasteiger partial charge is 0.237 e. The van der Waals surface area contributed by atoms with Gasteiger partial charge in [-0.3, -0.25) is 9.59 Å². The molecule has 0 heterocycles. The molecule has 0 spiro atoms. The van der Waals surface area contributed by atoms with Crippen LogP contribution in [-0.4, -0.2) is 36.1 Å². The van der Waals surface area contributed by atoms with Crippen LogP contribution in [0.1, 0.15) is 19.4 Å². The predicted octanol–water partition coefficient (Wildman–Crippen LogP) is 0.150. The van der Waals surface area contributed by atoms with Crippen molar-refractivity contribution in [2.24, 2.45) is 11.7 Å². The molecule has 6 heteroatoms. The van der Waals surface area contributed by atoms with Gasteiger partial charge in [0.25, 0.3) is 0 Å². The number of benzene rings is 1. The fraction of sp³-hybridized carbons (Fsp3) is 0.467. The van der Waals surface area contributed by atoms with Crippen LogP contribution in [0.5, 0.6) is 5.75 Å². The summed E-state index contributed by atoms with van der Waals surface area (Å²) in [6.07, 6.45) is 0.393. The molecule has 21 heavy (non-hydrogen) atoms. The van der Waals surface area contributed by atoms with Gasteiger partial charge in [-0.1, -0.05) is 26.0 Å². The van der Waals surface area contributed by atoms with Crippen LogP contribution in [0.4, 0.5) is 0 Å². The Kier molecular flexibility index (Phi) is 6.68. The summed E-state index contributed by atoms with van der Waals surface area (Å²) in [6, 6.07) is 5.91. The summed E-state index contributed by atoms with van der Waals surface area (Å²) in [5, 5.41) is 14.6. The third kappa shape index (κ3) is 6.27. The predicted molar refractivity (Wildman–Crippen MR) is 80.6 cm³/mol. The molecule has 0 bridgehead atoms. The quantitative estimate of drug-likeness (QED) is 0.537. The van der Waals surface area contributed by atoms with Gasteiger partial charge in [0.15, 0.2) is 0 Å². The molecule has 0 saturated carbocycles. The highest BCUT2D eigenvalue weighted by molar-refractivity contribution is 5.82. The number of nitrogens with two attached hydrogens (primary N) is 1. The maximum atomic E-state index is 11.8. The molecule has 0 aromatic heterocycles. The molecule has 0 saturated heterocycles. The maximum absolute atomic E-state index is 11.8. The second-order valence-electron chi connectivity index (χ2n) is 5.21. The second kappa shape index (κ2) is 8.26. The molecule has 0 aliphatic carbocycles. The standard InChI is InChI=1S/C15H23N3O3/c1-10(2)14(20)17-7-8-18-15(21)13(16)9-11-3-5-12(19)6-4-11/h3-6,10,13,19H,7-9,16H2,1-2H3,(H,17,20)(H,18,21). The molecule has 0 radical (unpaired) electrons. The van der Waals surface area contributed by atoms with Gasteiger partial charge >= 0.3 is 0 Å². The summed E-state index contributed by atoms with van der Waals surface area (Å²) in [6.45, 7) is 4.35. The first-order valence-corrected chi connectivity index (χ1v) is 6.99. The average molecular weight is 293 g/mol. The first kappa shape index (κ1) is 17.0. The lowest BCUT2D eigenvalue weighted by molar-refractivity contribution is -0.125. The molecule has 0 fully saturated rings. The van der Waals surface area contributed by atoms with Crippen LogP contribution < -0.4 is 16.4 Å². The highest BCUT2D eigenvalue weighted by Gasteiger charge is 2.13. The molecular formula is C15H23N3O3. The third-order valence-electron chi connectivity index (χ3n) is 2.98. The van der Waals surface area contributed by atoms with E-state index in [0.29, 0.717) is 19.5 Å². The minimum atomic E-state index is -0.657. The van der Waals surface area contributed by atoms with E-state index in [1.54, 1.807) is 24.3 Å². The lowest BCUT2D eigenvalue weighted by atomic mass is 10.1. The lowest BCUT2D eigenvalue weighted by Gasteiger charge is -2.13. The van der Waals surface area contributed by atoms with Gasteiger partial charge in [0.1, 0.15) is 5.75 Å². The highest BCUT2D eigenvalue weighted by atomic mass is 16.3. The second-order valence-corrected chi connectivity index (χ2v) is 5.21. The zero-order valence-electron chi connectivity index (χ0n) is 12.4. The molecule has 116 valence electrons. The molecule has 1 rings (SSSR count). The summed E-state index contributed by atoms with van der Waals surface area (Å²) in [4.78, 5) is 23.1. The van der Waals surface area contributed by atoms with E-state index in [0.717, 1.165) is 5.56 Å². The van der Waals surface area contributed by atoms with Crippen molar-refractivity contribution in [1.82, 2.24) is 10.6 Å². The van der Waals surface area contributed by atoms with Crippen molar-refractivity contribution in [2.45, 2.75) is 26.3 Å². The summed E-state index contributed by atoms with van der Waals surface area (Å²) < 4.78 is 0. The minimum absolute atomic E-state index is 0.0439. The van der Waals surface area contributed by atoms with Crippen molar-refractivity contribution in [1.29, 1.82) is 0 Å². The molecule has 2 amide bonds. The van der Waals surface area contributed by atoms with Crippen LogP contribution in [0, 0.1) is 5.92 Å². The van der Waals surface area contributed by atoms with Crippen LogP contribution in [0.2, 0.25) is 0 Å². The van der Waals surface area contributed by atoms with Crippen LogP contribution in [0.15, 0.2) is 24.3 Å². The lowest BCUT2D eigenvalue weighted by Crippen LogP contribution is -2.44. The fourth-order valence-corrected chi connectivity index (χ4v) is 1.69. The van der Waals surface area contributed by atoms with E-state index >= 15 is 0 Å². The monoisotopic (exact) mass is 293 g/mol. The first-order valence-electron chi connectivity index (χ1n) is 6.99. The van der Waals surface area contributed by atoms with Crippen molar-refractivity contribution in [2.75, 3.05) is 13.1 Å². The van der Waals surface area contributed by atoms with E-state index in [4.69, 9.17) is 5.73 Å². The largest absolute Gasteiger partial charge is 0.508 e. The normalized spacial score (nSPS) is 12.0. The van der Waals surface area contributed by atoms with E-state index < -0.39 is 6.04 Å². The number of hydrogen-bond acceptors (Lipinski definition) is 4. The van der Waals surface area contributed by atoms with Crippen molar-refractivity contribution >= 4 is 11.8 Å². The van der Waals surface area contributed by atoms with Gasteiger partial charge in [-0.15, -0.1) is 0 Å². The molecule has 1 atom stereocenters. The molecule has 6 nitrogen and oxygen atoms in total. The molecule has 0 aliphatic rings. The average Bonchev–Trinajstić information content (AvgIpc) is 2.45. The summed E-state index contributed by atoms with van der Waals surface area (Å²) in [7, 11) is 0. The number of amides is 2. The zero-order chi connectivity index (χ0) is 15.8. The molecule has 1 unspecified atom stereocenters. The Morgan fingerprint density at radius 1 is 1.10 bits per heavy atom. The van der Waals surface area contributed by atoms with Gasteiger partial charge in [0.05, 0.1) is 6.04 Å². The van der Waals surface area contributed by atoms with Gasteiger partial charge in [0, 0.05) is 19.0 Å². The maximum Gasteiger partial charge on any atom is 0.237 e. The van der Waals surface area contributed by atoms with Gasteiger partial charge in [-0.2, -0.15) is 0 Å². The van der Waals surface area contributed by atoms with E-state index in [2.05, 4.69) is 10.6 Å². The van der Waals surface area contributed by atoms with Crippen molar-refractivity contribution in [3.63, 3.8) is 0 Å². The number of phenols is 1. The highest BCUT2D eigenvalue weighted by Crippen LogP contribution is 2.10. The van der Waals surface area contributed by atoms with Gasteiger partial charge < -0.3 is 21.5 Å². The van der Waals surface area contributed by atoms with Crippen molar-refractivity contribution in [3.05, 3.63) is 29.8 Å².